The molecular weight excluding hydrogens is 132 g/mol. The summed E-state index contributed by atoms with van der Waals surface area (Å²) in [5, 5.41) is 0.794. The smallest absolute Gasteiger partial charge is 0.0923 e. The third-order valence-corrected chi connectivity index (χ3v) is 2.64. The summed E-state index contributed by atoms with van der Waals surface area (Å²) in [5.41, 5.74) is 0. The first-order valence-corrected chi connectivity index (χ1v) is 4.53. The van der Waals surface area contributed by atoms with Gasteiger partial charge in [-0.05, 0) is 12.3 Å². The summed E-state index contributed by atoms with van der Waals surface area (Å²) >= 11 is 1.92. The van der Waals surface area contributed by atoms with Gasteiger partial charge in [-0.2, -0.15) is 0 Å². The summed E-state index contributed by atoms with van der Waals surface area (Å²) in [6.07, 6.45) is 1.31. The van der Waals surface area contributed by atoms with Gasteiger partial charge in [-0.25, -0.2) is 0 Å². The summed E-state index contributed by atoms with van der Waals surface area (Å²) < 4.78 is 5.34. The van der Waals surface area contributed by atoms with Gasteiger partial charge in [0.25, 0.3) is 0 Å². The topological polar surface area (TPSA) is 9.23 Å². The molecule has 1 rings (SSSR count). The predicted molar refractivity (Wildman–Crippen MR) is 41.7 cm³/mol. The average Bonchev–Trinajstić information content (AvgIpc) is 1.93. The second-order valence-corrected chi connectivity index (χ2v) is 4.18. The highest BCUT2D eigenvalue weighted by Crippen LogP contribution is 2.22. The maximum atomic E-state index is 5.34. The molecule has 0 aromatic heterocycles. The Hall–Kier alpha value is 0.310. The minimum Gasteiger partial charge on any atom is -0.371 e. The summed E-state index contributed by atoms with van der Waals surface area (Å²) in [6.45, 7) is 5.48. The van der Waals surface area contributed by atoms with Gasteiger partial charge in [-0.3, -0.25) is 0 Å². The van der Waals surface area contributed by atoms with Gasteiger partial charge in [0.2, 0.25) is 0 Å². The maximum absolute atomic E-state index is 5.34. The zero-order valence-corrected chi connectivity index (χ0v) is 6.91. The first kappa shape index (κ1) is 7.42. The van der Waals surface area contributed by atoms with Crippen molar-refractivity contribution in [2.24, 2.45) is 5.92 Å². The van der Waals surface area contributed by atoms with Gasteiger partial charge < -0.3 is 4.74 Å². The van der Waals surface area contributed by atoms with Crippen LogP contribution in [0.3, 0.4) is 0 Å². The van der Waals surface area contributed by atoms with Crippen LogP contribution < -0.4 is 0 Å². The molecular formula is C7H14OS. The molecule has 1 nitrogen and oxygen atoms in total. The molecule has 1 heterocycles. The molecule has 0 saturated carbocycles. The second kappa shape index (κ2) is 3.47. The van der Waals surface area contributed by atoms with Crippen molar-refractivity contribution in [3.8, 4) is 0 Å². The molecule has 54 valence electrons. The maximum Gasteiger partial charge on any atom is 0.0923 e. The van der Waals surface area contributed by atoms with Gasteiger partial charge in [-0.15, -0.1) is 11.8 Å². The third-order valence-electron chi connectivity index (χ3n) is 1.57. The van der Waals surface area contributed by atoms with E-state index in [2.05, 4.69) is 13.8 Å². The Kier molecular flexibility index (Phi) is 2.86. The SMILES string of the molecule is CC1COCSC(C)C1. The highest BCUT2D eigenvalue weighted by atomic mass is 32.2. The molecule has 0 aromatic carbocycles. The van der Waals surface area contributed by atoms with E-state index in [4.69, 9.17) is 4.74 Å². The van der Waals surface area contributed by atoms with Gasteiger partial charge in [-0.1, -0.05) is 13.8 Å². The molecule has 0 N–H and O–H groups in total. The van der Waals surface area contributed by atoms with Crippen LogP contribution in [0, 0.1) is 5.92 Å². The second-order valence-electron chi connectivity index (χ2n) is 2.81. The Balaban J connectivity index is 2.29. The highest BCUT2D eigenvalue weighted by molar-refractivity contribution is 7.99. The fraction of sp³-hybridized carbons (Fsp3) is 1.00. The van der Waals surface area contributed by atoms with Gasteiger partial charge >= 0.3 is 0 Å². The summed E-state index contributed by atoms with van der Waals surface area (Å²) in [7, 11) is 0. The third kappa shape index (κ3) is 2.59. The molecule has 0 spiro atoms. The Labute approximate surface area is 61.2 Å². The van der Waals surface area contributed by atoms with Gasteiger partial charge in [0.1, 0.15) is 0 Å². The van der Waals surface area contributed by atoms with Crippen LogP contribution in [0.5, 0.6) is 0 Å². The summed E-state index contributed by atoms with van der Waals surface area (Å²) in [6, 6.07) is 0. The molecule has 1 fully saturated rings. The van der Waals surface area contributed by atoms with Crippen molar-refractivity contribution >= 4 is 11.8 Å². The Bertz CT molecular complexity index is 75.0. The van der Waals surface area contributed by atoms with Gasteiger partial charge in [0.15, 0.2) is 0 Å². The minimum atomic E-state index is 0.759. The van der Waals surface area contributed by atoms with E-state index < -0.39 is 0 Å². The normalized spacial score (nSPS) is 38.0. The molecule has 2 heteroatoms. The number of ether oxygens (including phenoxy) is 1. The Morgan fingerprint density at radius 1 is 1.44 bits per heavy atom. The lowest BCUT2D eigenvalue weighted by atomic mass is 10.1. The molecule has 1 aliphatic rings. The first-order valence-electron chi connectivity index (χ1n) is 3.48. The molecule has 0 aliphatic carbocycles. The van der Waals surface area contributed by atoms with Gasteiger partial charge in [0, 0.05) is 5.25 Å². The summed E-state index contributed by atoms with van der Waals surface area (Å²) in [4.78, 5) is 0. The largest absolute Gasteiger partial charge is 0.371 e. The number of thioether (sulfide) groups is 1. The fourth-order valence-electron chi connectivity index (χ4n) is 1.12. The zero-order chi connectivity index (χ0) is 6.69. The van der Waals surface area contributed by atoms with Crippen molar-refractivity contribution in [2.45, 2.75) is 25.5 Å². The molecule has 1 aliphatic heterocycles. The van der Waals surface area contributed by atoms with Crippen LogP contribution in [0.1, 0.15) is 20.3 Å². The minimum absolute atomic E-state index is 0.759. The van der Waals surface area contributed by atoms with Crippen LogP contribution in [0.4, 0.5) is 0 Å². The lowest BCUT2D eigenvalue weighted by molar-refractivity contribution is 0.149. The molecule has 1 saturated heterocycles. The summed E-state index contributed by atoms with van der Waals surface area (Å²) in [5.74, 6) is 1.65. The van der Waals surface area contributed by atoms with E-state index in [0.717, 1.165) is 23.7 Å². The van der Waals surface area contributed by atoms with E-state index in [1.807, 2.05) is 11.8 Å². The molecule has 2 unspecified atom stereocenters. The van der Waals surface area contributed by atoms with E-state index in [1.54, 1.807) is 0 Å². The van der Waals surface area contributed by atoms with Crippen LogP contribution in [0.2, 0.25) is 0 Å². The number of hydrogen-bond acceptors (Lipinski definition) is 2. The molecule has 0 radical (unpaired) electrons. The predicted octanol–water partition coefficient (Wildman–Crippen LogP) is 2.12. The Morgan fingerprint density at radius 2 is 2.22 bits per heavy atom. The van der Waals surface area contributed by atoms with Crippen molar-refractivity contribution < 1.29 is 4.74 Å². The molecule has 0 aromatic rings. The van der Waals surface area contributed by atoms with Crippen molar-refractivity contribution in [3.63, 3.8) is 0 Å². The zero-order valence-electron chi connectivity index (χ0n) is 6.09. The quantitative estimate of drug-likeness (QED) is 0.517. The van der Waals surface area contributed by atoms with E-state index in [-0.39, 0.29) is 0 Å². The average molecular weight is 146 g/mol. The highest BCUT2D eigenvalue weighted by Gasteiger charge is 2.12. The van der Waals surface area contributed by atoms with Crippen LogP contribution in [-0.2, 0) is 4.74 Å². The van der Waals surface area contributed by atoms with Crippen LogP contribution in [-0.4, -0.2) is 17.8 Å². The first-order chi connectivity index (χ1) is 4.29. The lowest BCUT2D eigenvalue weighted by Gasteiger charge is -2.07. The van der Waals surface area contributed by atoms with Crippen LogP contribution >= 0.6 is 11.8 Å². The van der Waals surface area contributed by atoms with E-state index in [0.29, 0.717) is 0 Å². The molecule has 0 bridgehead atoms. The Morgan fingerprint density at radius 3 is 3.00 bits per heavy atom. The van der Waals surface area contributed by atoms with Gasteiger partial charge in [0.05, 0.1) is 12.5 Å². The standard InChI is InChI=1S/C7H14OS/c1-6-3-7(2)9-5-8-4-6/h6-7H,3-5H2,1-2H3. The van der Waals surface area contributed by atoms with Crippen LogP contribution in [0.25, 0.3) is 0 Å². The number of hydrogen-bond donors (Lipinski definition) is 0. The molecule has 9 heavy (non-hydrogen) atoms. The van der Waals surface area contributed by atoms with Crippen molar-refractivity contribution in [1.82, 2.24) is 0 Å². The van der Waals surface area contributed by atoms with E-state index in [1.165, 1.54) is 6.42 Å². The lowest BCUT2D eigenvalue weighted by Crippen LogP contribution is -2.04. The number of rotatable bonds is 0. The monoisotopic (exact) mass is 146 g/mol. The molecule has 0 amide bonds. The van der Waals surface area contributed by atoms with Crippen molar-refractivity contribution in [3.05, 3.63) is 0 Å². The van der Waals surface area contributed by atoms with E-state index >= 15 is 0 Å². The fourth-order valence-corrected chi connectivity index (χ4v) is 2.01. The van der Waals surface area contributed by atoms with Crippen molar-refractivity contribution in [2.75, 3.05) is 12.5 Å². The molecule has 2 atom stereocenters. The van der Waals surface area contributed by atoms with E-state index in [9.17, 15) is 0 Å². The van der Waals surface area contributed by atoms with Crippen LogP contribution in [0.15, 0.2) is 0 Å². The van der Waals surface area contributed by atoms with Crippen molar-refractivity contribution in [1.29, 1.82) is 0 Å².